The summed E-state index contributed by atoms with van der Waals surface area (Å²) in [5, 5.41) is 5.12. The molecule has 0 saturated carbocycles. The maximum atomic E-state index is 12.7. The molecule has 31 heavy (non-hydrogen) atoms. The van der Waals surface area contributed by atoms with Gasteiger partial charge in [0.2, 0.25) is 11.8 Å². The minimum atomic E-state index is -3.87. The highest BCUT2D eigenvalue weighted by molar-refractivity contribution is 7.92. The summed E-state index contributed by atoms with van der Waals surface area (Å²) in [6, 6.07) is 14.4. The predicted octanol–water partition coefficient (Wildman–Crippen LogP) is 2.37. The molecular weight excluding hydrogens is 422 g/mol. The second-order valence-electron chi connectivity index (χ2n) is 7.06. The highest BCUT2D eigenvalue weighted by Crippen LogP contribution is 2.32. The Morgan fingerprint density at radius 1 is 1.10 bits per heavy atom. The summed E-state index contributed by atoms with van der Waals surface area (Å²) in [5.74, 6) is 0.212. The molecule has 1 atom stereocenters. The summed E-state index contributed by atoms with van der Waals surface area (Å²) in [5.41, 5.74) is 1.39. The predicted molar refractivity (Wildman–Crippen MR) is 112 cm³/mol. The van der Waals surface area contributed by atoms with Gasteiger partial charge in [0.05, 0.1) is 0 Å². The second-order valence-corrected chi connectivity index (χ2v) is 9.39. The van der Waals surface area contributed by atoms with Crippen LogP contribution in [0, 0.1) is 0 Å². The SMILES string of the molecule is CC(C(=O)Nc1ccc2c(c1)OCCO2)S(=O)(=O)Cc1nc(Cc2ccccc2)no1. The molecule has 1 aliphatic rings. The average Bonchev–Trinajstić information content (AvgIpc) is 3.19. The van der Waals surface area contributed by atoms with Crippen molar-refractivity contribution in [2.75, 3.05) is 18.5 Å². The molecule has 1 unspecified atom stereocenters. The van der Waals surface area contributed by atoms with Crippen molar-refractivity contribution >= 4 is 21.4 Å². The number of sulfone groups is 1. The lowest BCUT2D eigenvalue weighted by molar-refractivity contribution is -0.115. The van der Waals surface area contributed by atoms with Gasteiger partial charge in [-0.2, -0.15) is 4.98 Å². The number of hydrogen-bond acceptors (Lipinski definition) is 8. The number of nitrogens with zero attached hydrogens (tertiary/aromatic N) is 2. The number of amides is 1. The summed E-state index contributed by atoms with van der Waals surface area (Å²) in [4.78, 5) is 16.7. The molecule has 1 aliphatic heterocycles. The molecule has 10 heteroatoms. The maximum Gasteiger partial charge on any atom is 0.242 e. The van der Waals surface area contributed by atoms with E-state index in [4.69, 9.17) is 14.0 Å². The number of rotatable bonds is 7. The first-order valence-corrected chi connectivity index (χ1v) is 11.4. The summed E-state index contributed by atoms with van der Waals surface area (Å²) >= 11 is 0. The summed E-state index contributed by atoms with van der Waals surface area (Å²) < 4.78 is 41.4. The molecule has 0 bridgehead atoms. The zero-order valence-corrected chi connectivity index (χ0v) is 17.6. The minimum Gasteiger partial charge on any atom is -0.486 e. The summed E-state index contributed by atoms with van der Waals surface area (Å²) in [6.45, 7) is 2.19. The molecule has 0 aliphatic carbocycles. The fraction of sp³-hybridized carbons (Fsp3) is 0.286. The maximum absolute atomic E-state index is 12.7. The quantitative estimate of drug-likeness (QED) is 0.591. The van der Waals surface area contributed by atoms with Crippen LogP contribution in [0.15, 0.2) is 53.1 Å². The monoisotopic (exact) mass is 443 g/mol. The smallest absolute Gasteiger partial charge is 0.242 e. The fourth-order valence-corrected chi connectivity index (χ4v) is 4.12. The third-order valence-corrected chi connectivity index (χ3v) is 6.70. The number of carbonyl (C=O) groups excluding carboxylic acids is 1. The molecule has 9 nitrogen and oxygen atoms in total. The third-order valence-electron chi connectivity index (χ3n) is 4.76. The summed E-state index contributed by atoms with van der Waals surface area (Å²) in [6.07, 6.45) is 0.421. The van der Waals surface area contributed by atoms with Gasteiger partial charge in [-0.05, 0) is 24.6 Å². The van der Waals surface area contributed by atoms with Crippen LogP contribution in [0.5, 0.6) is 11.5 Å². The molecule has 0 spiro atoms. The van der Waals surface area contributed by atoms with Crippen molar-refractivity contribution in [2.45, 2.75) is 24.3 Å². The fourth-order valence-electron chi connectivity index (χ4n) is 3.02. The third kappa shape index (κ3) is 5.02. The number of carbonyl (C=O) groups is 1. The zero-order chi connectivity index (χ0) is 21.8. The van der Waals surface area contributed by atoms with E-state index >= 15 is 0 Å². The molecule has 0 saturated heterocycles. The highest BCUT2D eigenvalue weighted by Gasteiger charge is 2.30. The lowest BCUT2D eigenvalue weighted by Gasteiger charge is -2.19. The van der Waals surface area contributed by atoms with Crippen LogP contribution in [0.1, 0.15) is 24.2 Å². The van der Waals surface area contributed by atoms with Crippen molar-refractivity contribution in [1.29, 1.82) is 0 Å². The van der Waals surface area contributed by atoms with E-state index in [1.807, 2.05) is 30.3 Å². The van der Waals surface area contributed by atoms with Crippen molar-refractivity contribution in [2.24, 2.45) is 0 Å². The van der Waals surface area contributed by atoms with Crippen LogP contribution in [0.4, 0.5) is 5.69 Å². The number of benzene rings is 2. The lowest BCUT2D eigenvalue weighted by atomic mass is 10.1. The first-order valence-electron chi connectivity index (χ1n) is 9.68. The molecule has 4 rings (SSSR count). The number of aromatic nitrogens is 2. The number of hydrogen-bond donors (Lipinski definition) is 1. The standard InChI is InChI=1S/C21H21N3O6S/c1-14(21(25)22-16-7-8-17-18(12-16)29-10-9-28-17)31(26,27)13-20-23-19(24-30-20)11-15-5-3-2-4-6-15/h2-8,12,14H,9-11,13H2,1H3,(H,22,25). The van der Waals surface area contributed by atoms with Gasteiger partial charge in [0, 0.05) is 18.2 Å². The molecule has 0 radical (unpaired) electrons. The Morgan fingerprint density at radius 2 is 1.84 bits per heavy atom. The summed E-state index contributed by atoms with van der Waals surface area (Å²) in [7, 11) is -3.87. The van der Waals surface area contributed by atoms with E-state index in [1.165, 1.54) is 6.92 Å². The molecule has 0 fully saturated rings. The van der Waals surface area contributed by atoms with E-state index in [9.17, 15) is 13.2 Å². The van der Waals surface area contributed by atoms with Crippen molar-refractivity contribution in [1.82, 2.24) is 10.1 Å². The second kappa shape index (κ2) is 8.76. The van der Waals surface area contributed by atoms with Crippen molar-refractivity contribution < 1.29 is 27.2 Å². The minimum absolute atomic E-state index is 0.0510. The molecular formula is C21H21N3O6S. The Kier molecular flexibility index (Phi) is 5.90. The Labute approximate surface area is 179 Å². The van der Waals surface area contributed by atoms with E-state index in [2.05, 4.69) is 15.5 Å². The van der Waals surface area contributed by atoms with Crippen LogP contribution in [0.25, 0.3) is 0 Å². The van der Waals surface area contributed by atoms with E-state index in [0.29, 0.717) is 42.6 Å². The van der Waals surface area contributed by atoms with Crippen LogP contribution < -0.4 is 14.8 Å². The molecule has 1 amide bonds. The Balaban J connectivity index is 1.39. The van der Waals surface area contributed by atoms with Crippen molar-refractivity contribution in [3.05, 3.63) is 65.8 Å². The van der Waals surface area contributed by atoms with Gasteiger partial charge in [0.25, 0.3) is 0 Å². The first kappa shape index (κ1) is 20.9. The Hall–Kier alpha value is -3.40. The highest BCUT2D eigenvalue weighted by atomic mass is 32.2. The number of anilines is 1. The van der Waals surface area contributed by atoms with Crippen LogP contribution >= 0.6 is 0 Å². The van der Waals surface area contributed by atoms with Gasteiger partial charge >= 0.3 is 0 Å². The lowest BCUT2D eigenvalue weighted by Crippen LogP contribution is -2.33. The normalized spacial score (nSPS) is 14.1. The van der Waals surface area contributed by atoms with Crippen LogP contribution in [0.3, 0.4) is 0 Å². The number of fused-ring (bicyclic) bond motifs is 1. The van der Waals surface area contributed by atoms with E-state index in [0.717, 1.165) is 5.56 Å². The molecule has 162 valence electrons. The van der Waals surface area contributed by atoms with Crippen LogP contribution in [-0.2, 0) is 26.8 Å². The Bertz CT molecular complexity index is 1180. The first-order chi connectivity index (χ1) is 14.9. The molecule has 1 aromatic heterocycles. The van der Waals surface area contributed by atoms with Crippen molar-refractivity contribution in [3.8, 4) is 11.5 Å². The van der Waals surface area contributed by atoms with Gasteiger partial charge in [-0.1, -0.05) is 35.5 Å². The molecule has 1 N–H and O–H groups in total. The number of ether oxygens (including phenoxy) is 2. The van der Waals surface area contributed by atoms with Gasteiger partial charge in [-0.3, -0.25) is 4.79 Å². The van der Waals surface area contributed by atoms with Gasteiger partial charge in [0.15, 0.2) is 27.2 Å². The largest absolute Gasteiger partial charge is 0.486 e. The van der Waals surface area contributed by atoms with Crippen molar-refractivity contribution in [3.63, 3.8) is 0 Å². The van der Waals surface area contributed by atoms with E-state index in [-0.39, 0.29) is 5.89 Å². The van der Waals surface area contributed by atoms with Crippen LogP contribution in [0.2, 0.25) is 0 Å². The van der Waals surface area contributed by atoms with Gasteiger partial charge in [-0.25, -0.2) is 8.42 Å². The topological polar surface area (TPSA) is 121 Å². The molecule has 2 aromatic carbocycles. The van der Waals surface area contributed by atoms with Gasteiger partial charge < -0.3 is 19.3 Å². The van der Waals surface area contributed by atoms with Gasteiger partial charge in [0.1, 0.15) is 24.2 Å². The Morgan fingerprint density at radius 3 is 2.61 bits per heavy atom. The van der Waals surface area contributed by atoms with Gasteiger partial charge in [-0.15, -0.1) is 0 Å². The average molecular weight is 443 g/mol. The molecule has 3 aromatic rings. The van der Waals surface area contributed by atoms with E-state index in [1.54, 1.807) is 18.2 Å². The van der Waals surface area contributed by atoms with E-state index < -0.39 is 26.7 Å². The van der Waals surface area contributed by atoms with Crippen LogP contribution in [-0.4, -0.2) is 42.9 Å². The zero-order valence-electron chi connectivity index (χ0n) is 16.8. The number of nitrogens with one attached hydrogen (secondary N) is 1. The molecule has 2 heterocycles.